The van der Waals surface area contributed by atoms with Crippen LogP contribution < -0.4 is 0 Å². The number of aromatic nitrogens is 1. The fourth-order valence-corrected chi connectivity index (χ4v) is 4.68. The van der Waals surface area contributed by atoms with Gasteiger partial charge in [0.25, 0.3) is 0 Å². The van der Waals surface area contributed by atoms with E-state index in [0.717, 1.165) is 5.69 Å². The summed E-state index contributed by atoms with van der Waals surface area (Å²) < 4.78 is 1.25. The van der Waals surface area contributed by atoms with Crippen LogP contribution in [0.25, 0.3) is 31.8 Å². The van der Waals surface area contributed by atoms with Gasteiger partial charge in [0.15, 0.2) is 0 Å². The van der Waals surface area contributed by atoms with Crippen molar-refractivity contribution in [2.24, 2.45) is 0 Å². The molecule has 0 amide bonds. The van der Waals surface area contributed by atoms with Crippen LogP contribution >= 0.6 is 11.3 Å². The molecule has 0 aliphatic rings. The van der Waals surface area contributed by atoms with E-state index >= 15 is 0 Å². The van der Waals surface area contributed by atoms with Crippen molar-refractivity contribution in [2.75, 3.05) is 0 Å². The van der Waals surface area contributed by atoms with E-state index in [9.17, 15) is 0 Å². The summed E-state index contributed by atoms with van der Waals surface area (Å²) in [7, 11) is 0. The van der Waals surface area contributed by atoms with Crippen LogP contribution in [0, 0.1) is 13.8 Å². The lowest BCUT2D eigenvalue weighted by Gasteiger charge is -2.20. The molecule has 0 aliphatic heterocycles. The Hall–Kier alpha value is -2.45. The lowest BCUT2D eigenvalue weighted by molar-refractivity contribution is 0.590. The molecule has 0 saturated carbocycles. The summed E-state index contributed by atoms with van der Waals surface area (Å²) in [4.78, 5) is 6.14. The largest absolute Gasteiger partial charge is 0.255 e. The van der Waals surface area contributed by atoms with E-state index in [1.165, 1.54) is 42.8 Å². The molecule has 0 atom stereocenters. The summed E-state index contributed by atoms with van der Waals surface area (Å²) in [6.07, 6.45) is 2.04. The van der Waals surface area contributed by atoms with Gasteiger partial charge in [-0.2, -0.15) is 0 Å². The van der Waals surface area contributed by atoms with Gasteiger partial charge >= 0.3 is 0 Å². The third-order valence-corrected chi connectivity index (χ3v) is 6.39. The average Bonchev–Trinajstić information content (AvgIpc) is 2.97. The molecule has 0 spiro atoms. The average molecular weight is 372 g/mol. The van der Waals surface area contributed by atoms with Crippen molar-refractivity contribution in [3.63, 3.8) is 0 Å². The summed E-state index contributed by atoms with van der Waals surface area (Å²) in [5, 5.41) is 1.31. The van der Waals surface area contributed by atoms with Crippen LogP contribution in [0.1, 0.15) is 37.5 Å². The van der Waals surface area contributed by atoms with Gasteiger partial charge in [-0.15, -0.1) is 11.3 Å². The molecule has 0 unspecified atom stereocenters. The van der Waals surface area contributed by atoms with Crippen LogP contribution in [0.4, 0.5) is 0 Å². The van der Waals surface area contributed by atoms with Crippen LogP contribution in [0.15, 0.2) is 60.8 Å². The molecule has 4 aromatic rings. The quantitative estimate of drug-likeness (QED) is 0.354. The second-order valence-electron chi connectivity index (χ2n) is 8.33. The number of thiophene rings is 1. The zero-order valence-corrected chi connectivity index (χ0v) is 17.4. The van der Waals surface area contributed by atoms with Gasteiger partial charge in [-0.1, -0.05) is 62.7 Å². The second-order valence-corrected chi connectivity index (χ2v) is 9.38. The Morgan fingerprint density at radius 1 is 0.852 bits per heavy atom. The highest BCUT2D eigenvalue weighted by molar-refractivity contribution is 7.22. The fraction of sp³-hybridized carbons (Fsp3) is 0.240. The van der Waals surface area contributed by atoms with E-state index in [0.29, 0.717) is 0 Å². The van der Waals surface area contributed by atoms with Crippen molar-refractivity contribution >= 4 is 21.4 Å². The van der Waals surface area contributed by atoms with Crippen molar-refractivity contribution in [1.82, 2.24) is 4.98 Å². The highest BCUT2D eigenvalue weighted by Crippen LogP contribution is 2.39. The van der Waals surface area contributed by atoms with Crippen LogP contribution in [-0.2, 0) is 5.41 Å². The van der Waals surface area contributed by atoms with Gasteiger partial charge in [0.2, 0.25) is 0 Å². The van der Waals surface area contributed by atoms with E-state index in [4.69, 9.17) is 4.98 Å². The first kappa shape index (κ1) is 17.9. The lowest BCUT2D eigenvalue weighted by atomic mass is 9.85. The minimum absolute atomic E-state index is 0.129. The third kappa shape index (κ3) is 3.42. The second kappa shape index (κ2) is 6.61. The molecule has 4 rings (SSSR count). The number of nitrogens with zero attached hydrogens (tertiary/aromatic N) is 1. The summed E-state index contributed by atoms with van der Waals surface area (Å²) in [6, 6.07) is 19.7. The van der Waals surface area contributed by atoms with Gasteiger partial charge < -0.3 is 0 Å². The lowest BCUT2D eigenvalue weighted by Crippen LogP contribution is -2.11. The fourth-order valence-electron chi connectivity index (χ4n) is 3.51. The van der Waals surface area contributed by atoms with Crippen molar-refractivity contribution in [3.05, 3.63) is 77.5 Å². The molecule has 1 nitrogen and oxygen atoms in total. The smallest absolute Gasteiger partial charge is 0.0709 e. The Bertz CT molecular complexity index is 1110. The maximum Gasteiger partial charge on any atom is 0.0709 e. The number of benzene rings is 2. The molecule has 2 heteroatoms. The van der Waals surface area contributed by atoms with Crippen molar-refractivity contribution in [2.45, 2.75) is 40.0 Å². The highest BCUT2D eigenvalue weighted by atomic mass is 32.1. The third-order valence-electron chi connectivity index (χ3n) is 5.10. The first-order valence-corrected chi connectivity index (χ1v) is 10.2. The Balaban J connectivity index is 1.85. The number of aryl methyl sites for hydroxylation is 2. The van der Waals surface area contributed by atoms with Crippen LogP contribution in [-0.4, -0.2) is 4.98 Å². The standard InChI is InChI=1S/C25H25NS/c1-16-11-19(13-20(12-16)25(3,4)5)22-14-21-17(2)24(27-23(21)15-26-22)18-9-7-6-8-10-18/h6-15H,1-5H3. The Morgan fingerprint density at radius 2 is 1.59 bits per heavy atom. The molecule has 0 fully saturated rings. The van der Waals surface area contributed by atoms with Crippen molar-refractivity contribution < 1.29 is 0 Å². The molecular weight excluding hydrogens is 346 g/mol. The van der Waals surface area contributed by atoms with E-state index in [1.54, 1.807) is 0 Å². The van der Waals surface area contributed by atoms with E-state index < -0.39 is 0 Å². The van der Waals surface area contributed by atoms with Gasteiger partial charge in [0.05, 0.1) is 10.4 Å². The zero-order valence-electron chi connectivity index (χ0n) is 16.6. The molecular formula is C25H25NS. The van der Waals surface area contributed by atoms with Crippen LogP contribution in [0.3, 0.4) is 0 Å². The number of fused-ring (bicyclic) bond motifs is 1. The predicted octanol–water partition coefficient (Wildman–Crippen LogP) is 7.54. The first-order valence-electron chi connectivity index (χ1n) is 9.40. The van der Waals surface area contributed by atoms with Crippen LogP contribution in [0.2, 0.25) is 0 Å². The Labute approximate surface area is 165 Å². The Morgan fingerprint density at radius 3 is 2.30 bits per heavy atom. The molecule has 0 N–H and O–H groups in total. The maximum absolute atomic E-state index is 4.80. The topological polar surface area (TPSA) is 12.9 Å². The number of pyridine rings is 1. The molecule has 136 valence electrons. The maximum atomic E-state index is 4.80. The Kier molecular flexibility index (Phi) is 4.39. The van der Waals surface area contributed by atoms with E-state index in [1.807, 2.05) is 17.5 Å². The normalized spacial score (nSPS) is 11.9. The van der Waals surface area contributed by atoms with Gasteiger partial charge in [0, 0.05) is 16.6 Å². The summed E-state index contributed by atoms with van der Waals surface area (Å²) in [5.41, 5.74) is 7.64. The summed E-state index contributed by atoms with van der Waals surface area (Å²) in [6.45, 7) is 11.2. The molecule has 2 aromatic carbocycles. The summed E-state index contributed by atoms with van der Waals surface area (Å²) in [5.74, 6) is 0. The zero-order chi connectivity index (χ0) is 19.2. The van der Waals surface area contributed by atoms with E-state index in [2.05, 4.69) is 89.2 Å². The molecule has 2 heterocycles. The minimum Gasteiger partial charge on any atom is -0.255 e. The van der Waals surface area contributed by atoms with Crippen molar-refractivity contribution in [1.29, 1.82) is 0 Å². The number of hydrogen-bond donors (Lipinski definition) is 0. The van der Waals surface area contributed by atoms with Crippen LogP contribution in [0.5, 0.6) is 0 Å². The van der Waals surface area contributed by atoms with Gasteiger partial charge in [0.1, 0.15) is 0 Å². The number of hydrogen-bond acceptors (Lipinski definition) is 2. The van der Waals surface area contributed by atoms with Gasteiger partial charge in [-0.3, -0.25) is 4.98 Å². The molecule has 27 heavy (non-hydrogen) atoms. The molecule has 0 bridgehead atoms. The number of rotatable bonds is 2. The molecule has 0 radical (unpaired) electrons. The summed E-state index contributed by atoms with van der Waals surface area (Å²) >= 11 is 1.83. The molecule has 0 aliphatic carbocycles. The van der Waals surface area contributed by atoms with Gasteiger partial charge in [-0.25, -0.2) is 0 Å². The predicted molar refractivity (Wildman–Crippen MR) is 119 cm³/mol. The molecule has 2 aromatic heterocycles. The van der Waals surface area contributed by atoms with Gasteiger partial charge in [-0.05, 0) is 59.5 Å². The first-order chi connectivity index (χ1) is 12.8. The monoisotopic (exact) mass is 371 g/mol. The minimum atomic E-state index is 0.129. The SMILES string of the molecule is Cc1cc(-c2cc3c(C)c(-c4ccccc4)sc3cn2)cc(C(C)(C)C)c1. The highest BCUT2D eigenvalue weighted by Gasteiger charge is 2.16. The molecule has 0 saturated heterocycles. The van der Waals surface area contributed by atoms with E-state index in [-0.39, 0.29) is 5.41 Å². The van der Waals surface area contributed by atoms with Crippen molar-refractivity contribution in [3.8, 4) is 21.7 Å².